The minimum atomic E-state index is -2.95. The Kier molecular flexibility index (Phi) is 4.14. The summed E-state index contributed by atoms with van der Waals surface area (Å²) >= 11 is 0. The van der Waals surface area contributed by atoms with Crippen molar-refractivity contribution in [2.75, 3.05) is 21.7 Å². The fraction of sp³-hybridized carbons (Fsp3) is 0.389. The molecule has 2 aromatic rings. The molecule has 0 aliphatic carbocycles. The van der Waals surface area contributed by atoms with Crippen LogP contribution >= 0.6 is 0 Å². The first-order chi connectivity index (χ1) is 12.4. The molecule has 26 heavy (non-hydrogen) atoms. The summed E-state index contributed by atoms with van der Waals surface area (Å²) in [6.45, 7) is 2.02. The highest BCUT2D eigenvalue weighted by molar-refractivity contribution is 7.91. The van der Waals surface area contributed by atoms with Crippen LogP contribution in [0.5, 0.6) is 0 Å². The maximum atomic E-state index is 12.9. The number of para-hydroxylation sites is 1. The average Bonchev–Trinajstić information content (AvgIpc) is 3.13. The number of nitrogens with zero attached hydrogens (tertiary/aromatic N) is 3. The van der Waals surface area contributed by atoms with Gasteiger partial charge in [-0.05, 0) is 31.4 Å². The van der Waals surface area contributed by atoms with E-state index in [0.29, 0.717) is 12.2 Å². The number of hydrogen-bond acceptors (Lipinski definition) is 6. The van der Waals surface area contributed by atoms with E-state index in [4.69, 9.17) is 0 Å². The molecular weight excluding hydrogens is 352 g/mol. The van der Waals surface area contributed by atoms with Gasteiger partial charge in [0, 0.05) is 17.8 Å². The summed E-state index contributed by atoms with van der Waals surface area (Å²) in [5.74, 6) is 0.613. The first kappa shape index (κ1) is 17.0. The predicted octanol–water partition coefficient (Wildman–Crippen LogP) is 1.67. The number of fused-ring (bicyclic) bond motifs is 1. The molecule has 1 N–H and O–H groups in total. The molecule has 0 saturated carbocycles. The molecule has 2 aliphatic rings. The summed E-state index contributed by atoms with van der Waals surface area (Å²) in [6, 6.07) is 7.80. The Hall–Kier alpha value is -2.48. The number of carbonyl (C=O) groups excluding carboxylic acids is 1. The molecule has 1 aromatic heterocycles. The van der Waals surface area contributed by atoms with Gasteiger partial charge >= 0.3 is 0 Å². The van der Waals surface area contributed by atoms with Crippen molar-refractivity contribution < 1.29 is 13.2 Å². The van der Waals surface area contributed by atoms with Crippen LogP contribution in [0.15, 0.2) is 36.7 Å². The van der Waals surface area contributed by atoms with Crippen LogP contribution in [-0.2, 0) is 16.3 Å². The van der Waals surface area contributed by atoms with E-state index in [1.807, 2.05) is 31.2 Å². The zero-order valence-corrected chi connectivity index (χ0v) is 15.2. The van der Waals surface area contributed by atoms with E-state index in [9.17, 15) is 13.2 Å². The fourth-order valence-electron chi connectivity index (χ4n) is 3.63. The van der Waals surface area contributed by atoms with Crippen molar-refractivity contribution in [2.24, 2.45) is 0 Å². The number of sulfone groups is 1. The van der Waals surface area contributed by atoms with Crippen LogP contribution < -0.4 is 10.2 Å². The van der Waals surface area contributed by atoms with Crippen LogP contribution in [0.3, 0.4) is 0 Å². The van der Waals surface area contributed by atoms with Crippen molar-refractivity contribution >= 4 is 27.2 Å². The fourth-order valence-corrected chi connectivity index (χ4v) is 5.30. The van der Waals surface area contributed by atoms with Gasteiger partial charge in [-0.25, -0.2) is 18.4 Å². The SMILES string of the molecule is CC1Cc2ccccc2N1C(=O)c1cnc(NC2CCS(=O)(=O)C2)cn1. The van der Waals surface area contributed by atoms with Crippen molar-refractivity contribution in [2.45, 2.75) is 31.8 Å². The second kappa shape index (κ2) is 6.35. The third-order valence-electron chi connectivity index (χ3n) is 4.88. The van der Waals surface area contributed by atoms with Gasteiger partial charge in [-0.3, -0.25) is 4.79 Å². The molecule has 4 rings (SSSR count). The van der Waals surface area contributed by atoms with Crippen molar-refractivity contribution in [3.63, 3.8) is 0 Å². The largest absolute Gasteiger partial charge is 0.365 e. The molecular formula is C18H20N4O3S. The number of rotatable bonds is 3. The maximum Gasteiger partial charge on any atom is 0.278 e. The first-order valence-electron chi connectivity index (χ1n) is 8.63. The Morgan fingerprint density at radius 3 is 2.73 bits per heavy atom. The molecule has 0 radical (unpaired) electrons. The number of nitrogens with one attached hydrogen (secondary N) is 1. The van der Waals surface area contributed by atoms with Crippen LogP contribution in [0.4, 0.5) is 11.5 Å². The Labute approximate surface area is 152 Å². The highest BCUT2D eigenvalue weighted by Crippen LogP contribution is 2.32. The normalized spacial score (nSPS) is 23.7. The molecule has 1 saturated heterocycles. The number of aromatic nitrogens is 2. The number of carbonyl (C=O) groups is 1. The van der Waals surface area contributed by atoms with Crippen LogP contribution in [0, 0.1) is 0 Å². The minimum Gasteiger partial charge on any atom is -0.365 e. The quantitative estimate of drug-likeness (QED) is 0.881. The van der Waals surface area contributed by atoms with Gasteiger partial charge in [-0.2, -0.15) is 0 Å². The molecule has 0 bridgehead atoms. The molecule has 1 fully saturated rings. The molecule has 1 aromatic carbocycles. The van der Waals surface area contributed by atoms with Crippen molar-refractivity contribution in [3.05, 3.63) is 47.9 Å². The lowest BCUT2D eigenvalue weighted by molar-refractivity contribution is 0.0976. The van der Waals surface area contributed by atoms with E-state index >= 15 is 0 Å². The highest BCUT2D eigenvalue weighted by atomic mass is 32.2. The lowest BCUT2D eigenvalue weighted by Gasteiger charge is -2.22. The van der Waals surface area contributed by atoms with Gasteiger partial charge in [0.05, 0.1) is 23.9 Å². The van der Waals surface area contributed by atoms with Gasteiger partial charge in [0.15, 0.2) is 9.84 Å². The van der Waals surface area contributed by atoms with Gasteiger partial charge < -0.3 is 10.2 Å². The van der Waals surface area contributed by atoms with Gasteiger partial charge in [0.2, 0.25) is 0 Å². The lowest BCUT2D eigenvalue weighted by Crippen LogP contribution is -2.36. The van der Waals surface area contributed by atoms with E-state index < -0.39 is 9.84 Å². The minimum absolute atomic E-state index is 0.0724. The smallest absolute Gasteiger partial charge is 0.278 e. The maximum absolute atomic E-state index is 12.9. The Bertz CT molecular complexity index is 943. The lowest BCUT2D eigenvalue weighted by atomic mass is 10.1. The molecule has 2 unspecified atom stereocenters. The van der Waals surface area contributed by atoms with Gasteiger partial charge in [-0.15, -0.1) is 0 Å². The zero-order valence-electron chi connectivity index (χ0n) is 14.4. The summed E-state index contributed by atoms with van der Waals surface area (Å²) in [5, 5.41) is 3.08. The van der Waals surface area contributed by atoms with E-state index in [2.05, 4.69) is 15.3 Å². The Morgan fingerprint density at radius 1 is 1.23 bits per heavy atom. The molecule has 0 spiro atoms. The van der Waals surface area contributed by atoms with E-state index in [-0.39, 0.29) is 35.2 Å². The summed E-state index contributed by atoms with van der Waals surface area (Å²) in [6.07, 6.45) is 4.32. The van der Waals surface area contributed by atoms with E-state index in [0.717, 1.165) is 17.7 Å². The summed E-state index contributed by atoms with van der Waals surface area (Å²) in [4.78, 5) is 23.1. The van der Waals surface area contributed by atoms with Gasteiger partial charge in [0.25, 0.3) is 5.91 Å². The van der Waals surface area contributed by atoms with Crippen molar-refractivity contribution in [1.29, 1.82) is 0 Å². The molecule has 1 amide bonds. The predicted molar refractivity (Wildman–Crippen MR) is 99.1 cm³/mol. The second-order valence-corrected chi connectivity index (χ2v) is 9.12. The number of amides is 1. The molecule has 7 nitrogen and oxygen atoms in total. The van der Waals surface area contributed by atoms with Crippen LogP contribution in [-0.4, -0.2) is 47.9 Å². The number of anilines is 2. The third-order valence-corrected chi connectivity index (χ3v) is 6.65. The molecule has 3 heterocycles. The zero-order chi connectivity index (χ0) is 18.3. The van der Waals surface area contributed by atoms with Crippen LogP contribution in [0.2, 0.25) is 0 Å². The Morgan fingerprint density at radius 2 is 2.04 bits per heavy atom. The summed E-state index contributed by atoms with van der Waals surface area (Å²) in [5.41, 5.74) is 2.35. The molecule has 2 atom stereocenters. The molecule has 2 aliphatic heterocycles. The topological polar surface area (TPSA) is 92.3 Å². The van der Waals surface area contributed by atoms with E-state index in [1.165, 1.54) is 12.4 Å². The average molecular weight is 372 g/mol. The molecule has 136 valence electrons. The number of hydrogen-bond donors (Lipinski definition) is 1. The van der Waals surface area contributed by atoms with E-state index in [1.54, 1.807) is 4.90 Å². The molecule has 8 heteroatoms. The van der Waals surface area contributed by atoms with Crippen molar-refractivity contribution in [1.82, 2.24) is 9.97 Å². The first-order valence-corrected chi connectivity index (χ1v) is 10.5. The summed E-state index contributed by atoms with van der Waals surface area (Å²) in [7, 11) is -2.95. The standard InChI is InChI=1S/C18H20N4O3S/c1-12-8-13-4-2-3-5-16(13)22(12)18(23)15-9-20-17(10-19-15)21-14-6-7-26(24,25)11-14/h2-5,9-10,12,14H,6-8,11H2,1H3,(H,20,21). The highest BCUT2D eigenvalue weighted by Gasteiger charge is 2.32. The van der Waals surface area contributed by atoms with Crippen LogP contribution in [0.1, 0.15) is 29.4 Å². The third kappa shape index (κ3) is 3.16. The number of benzene rings is 1. The van der Waals surface area contributed by atoms with Gasteiger partial charge in [0.1, 0.15) is 11.5 Å². The summed E-state index contributed by atoms with van der Waals surface area (Å²) < 4.78 is 23.1. The Balaban J connectivity index is 1.50. The van der Waals surface area contributed by atoms with Gasteiger partial charge in [-0.1, -0.05) is 18.2 Å². The monoisotopic (exact) mass is 372 g/mol. The van der Waals surface area contributed by atoms with Crippen LogP contribution in [0.25, 0.3) is 0 Å². The second-order valence-electron chi connectivity index (χ2n) is 6.89. The van der Waals surface area contributed by atoms with Crippen molar-refractivity contribution in [3.8, 4) is 0 Å².